The highest BCUT2D eigenvalue weighted by Gasteiger charge is 2.44. The number of rotatable bonds is 4. The Morgan fingerprint density at radius 2 is 1.94 bits per heavy atom. The average Bonchev–Trinajstić information content (AvgIpc) is 2.33. The molecule has 4 heteroatoms. The van der Waals surface area contributed by atoms with E-state index in [-0.39, 0.29) is 11.5 Å². The molecule has 4 nitrogen and oxygen atoms in total. The molecule has 1 aromatic carbocycles. The van der Waals surface area contributed by atoms with Crippen molar-refractivity contribution < 1.29 is 14.6 Å². The Labute approximate surface area is 101 Å². The van der Waals surface area contributed by atoms with Crippen LogP contribution in [0.2, 0.25) is 0 Å². The van der Waals surface area contributed by atoms with Gasteiger partial charge in [0.15, 0.2) is 11.5 Å². The van der Waals surface area contributed by atoms with Gasteiger partial charge in [-0.25, -0.2) is 0 Å². The number of benzene rings is 1. The van der Waals surface area contributed by atoms with Gasteiger partial charge in [-0.15, -0.1) is 0 Å². The summed E-state index contributed by atoms with van der Waals surface area (Å²) in [7, 11) is 3.23. The molecule has 0 saturated heterocycles. The molecule has 0 unspecified atom stereocenters. The van der Waals surface area contributed by atoms with Crippen molar-refractivity contribution in [2.24, 2.45) is 5.73 Å². The van der Waals surface area contributed by atoms with E-state index < -0.39 is 0 Å². The fourth-order valence-corrected chi connectivity index (χ4v) is 2.53. The molecular formula is C13H19NO3. The Balaban J connectivity index is 2.33. The summed E-state index contributed by atoms with van der Waals surface area (Å²) in [6, 6.07) is 5.84. The molecule has 0 spiro atoms. The van der Waals surface area contributed by atoms with Gasteiger partial charge in [-0.1, -0.05) is 6.07 Å². The van der Waals surface area contributed by atoms with Gasteiger partial charge in [-0.2, -0.15) is 0 Å². The van der Waals surface area contributed by atoms with Gasteiger partial charge in [0.2, 0.25) is 0 Å². The fourth-order valence-electron chi connectivity index (χ4n) is 2.53. The molecular weight excluding hydrogens is 218 g/mol. The van der Waals surface area contributed by atoms with Crippen molar-refractivity contribution in [3.63, 3.8) is 0 Å². The van der Waals surface area contributed by atoms with Gasteiger partial charge in [0.05, 0.1) is 20.3 Å². The second-order valence-electron chi connectivity index (χ2n) is 4.62. The number of hydrogen-bond acceptors (Lipinski definition) is 4. The average molecular weight is 237 g/mol. The van der Waals surface area contributed by atoms with Gasteiger partial charge < -0.3 is 20.3 Å². The molecule has 1 saturated carbocycles. The van der Waals surface area contributed by atoms with Crippen LogP contribution in [0.4, 0.5) is 0 Å². The Morgan fingerprint density at radius 3 is 2.41 bits per heavy atom. The molecule has 94 valence electrons. The van der Waals surface area contributed by atoms with E-state index in [0.717, 1.165) is 18.4 Å². The van der Waals surface area contributed by atoms with Gasteiger partial charge in [-0.05, 0) is 30.5 Å². The summed E-state index contributed by atoms with van der Waals surface area (Å²) in [5.41, 5.74) is 6.86. The Morgan fingerprint density at radius 1 is 1.29 bits per heavy atom. The summed E-state index contributed by atoms with van der Waals surface area (Å²) in [6.07, 6.45) is 1.21. The van der Waals surface area contributed by atoms with E-state index in [0.29, 0.717) is 18.0 Å². The zero-order valence-corrected chi connectivity index (χ0v) is 10.3. The minimum atomic E-state index is -0.230. The normalized spacial score (nSPS) is 27.4. The first-order valence-corrected chi connectivity index (χ1v) is 5.76. The smallest absolute Gasteiger partial charge is 0.161 e. The highest BCUT2D eigenvalue weighted by Crippen LogP contribution is 2.45. The predicted molar refractivity (Wildman–Crippen MR) is 65.5 cm³/mol. The van der Waals surface area contributed by atoms with E-state index in [1.165, 1.54) is 0 Å². The number of methoxy groups -OCH3 is 2. The summed E-state index contributed by atoms with van der Waals surface area (Å²) >= 11 is 0. The van der Waals surface area contributed by atoms with Gasteiger partial charge in [0.1, 0.15) is 0 Å². The van der Waals surface area contributed by atoms with Crippen molar-refractivity contribution >= 4 is 0 Å². The van der Waals surface area contributed by atoms with Crippen molar-refractivity contribution in [3.8, 4) is 11.5 Å². The van der Waals surface area contributed by atoms with Crippen molar-refractivity contribution in [1.82, 2.24) is 0 Å². The van der Waals surface area contributed by atoms with Crippen LogP contribution in [0, 0.1) is 0 Å². The quantitative estimate of drug-likeness (QED) is 0.821. The molecule has 0 bridgehead atoms. The third kappa shape index (κ3) is 1.98. The van der Waals surface area contributed by atoms with E-state index in [1.54, 1.807) is 14.2 Å². The first-order chi connectivity index (χ1) is 8.15. The monoisotopic (exact) mass is 237 g/mol. The largest absolute Gasteiger partial charge is 0.493 e. The summed E-state index contributed by atoms with van der Waals surface area (Å²) in [4.78, 5) is 0. The van der Waals surface area contributed by atoms with Gasteiger partial charge in [-0.3, -0.25) is 0 Å². The van der Waals surface area contributed by atoms with Crippen molar-refractivity contribution in [1.29, 1.82) is 0 Å². The topological polar surface area (TPSA) is 64.7 Å². The molecule has 2 rings (SSSR count). The second-order valence-corrected chi connectivity index (χ2v) is 4.62. The van der Waals surface area contributed by atoms with E-state index >= 15 is 0 Å². The molecule has 0 atom stereocenters. The highest BCUT2D eigenvalue weighted by molar-refractivity contribution is 5.46. The third-order valence-electron chi connectivity index (χ3n) is 3.64. The van der Waals surface area contributed by atoms with Crippen molar-refractivity contribution in [2.45, 2.75) is 24.4 Å². The maximum atomic E-state index is 9.49. The van der Waals surface area contributed by atoms with Crippen LogP contribution in [0.25, 0.3) is 0 Å². The molecule has 1 fully saturated rings. The fraction of sp³-hybridized carbons (Fsp3) is 0.538. The first-order valence-electron chi connectivity index (χ1n) is 5.76. The third-order valence-corrected chi connectivity index (χ3v) is 3.64. The molecule has 3 N–H and O–H groups in total. The first kappa shape index (κ1) is 12.2. The van der Waals surface area contributed by atoms with E-state index in [1.807, 2.05) is 18.2 Å². The zero-order valence-electron chi connectivity index (χ0n) is 10.3. The summed E-state index contributed by atoms with van der Waals surface area (Å²) in [5, 5.41) is 9.49. The molecule has 0 aliphatic heterocycles. The Bertz CT molecular complexity index is 400. The van der Waals surface area contributed by atoms with Gasteiger partial charge >= 0.3 is 0 Å². The van der Waals surface area contributed by atoms with E-state index in [2.05, 4.69) is 0 Å². The van der Waals surface area contributed by atoms with Gasteiger partial charge in [0.25, 0.3) is 0 Å². The van der Waals surface area contributed by atoms with E-state index in [9.17, 15) is 5.11 Å². The zero-order chi connectivity index (χ0) is 12.5. The van der Waals surface area contributed by atoms with Crippen LogP contribution < -0.4 is 15.2 Å². The SMILES string of the molecule is COc1ccc(C2(CN)CC(O)C2)cc1OC. The van der Waals surface area contributed by atoms with Crippen LogP contribution in [-0.4, -0.2) is 32.0 Å². The molecule has 0 radical (unpaired) electrons. The standard InChI is InChI=1S/C13H19NO3/c1-16-11-4-3-9(5-12(11)17-2)13(8-14)6-10(15)7-13/h3-5,10,15H,6-8,14H2,1-2H3. The van der Waals surface area contributed by atoms with Crippen LogP contribution in [0.3, 0.4) is 0 Å². The molecule has 1 aliphatic carbocycles. The lowest BCUT2D eigenvalue weighted by Crippen LogP contribution is -2.49. The van der Waals surface area contributed by atoms with Crippen molar-refractivity contribution in [2.75, 3.05) is 20.8 Å². The second kappa shape index (κ2) is 4.55. The van der Waals surface area contributed by atoms with Crippen LogP contribution in [0.5, 0.6) is 11.5 Å². The van der Waals surface area contributed by atoms with Crippen LogP contribution in [0.1, 0.15) is 18.4 Å². The molecule has 1 aliphatic rings. The maximum absolute atomic E-state index is 9.49. The molecule has 0 aromatic heterocycles. The van der Waals surface area contributed by atoms with Crippen LogP contribution >= 0.6 is 0 Å². The number of aliphatic hydroxyl groups is 1. The summed E-state index contributed by atoms with van der Waals surface area (Å²) in [5.74, 6) is 1.42. The minimum absolute atomic E-state index is 0.0982. The lowest BCUT2D eigenvalue weighted by Gasteiger charge is -2.45. The minimum Gasteiger partial charge on any atom is -0.493 e. The molecule has 0 amide bonds. The van der Waals surface area contributed by atoms with Crippen LogP contribution in [0.15, 0.2) is 18.2 Å². The molecule has 17 heavy (non-hydrogen) atoms. The molecule has 0 heterocycles. The van der Waals surface area contributed by atoms with Gasteiger partial charge in [0, 0.05) is 12.0 Å². The van der Waals surface area contributed by atoms with Crippen molar-refractivity contribution in [3.05, 3.63) is 23.8 Å². The van der Waals surface area contributed by atoms with Crippen LogP contribution in [-0.2, 0) is 5.41 Å². The van der Waals surface area contributed by atoms with E-state index in [4.69, 9.17) is 15.2 Å². The molecule has 1 aromatic rings. The predicted octanol–water partition coefficient (Wildman–Crippen LogP) is 1.06. The Kier molecular flexibility index (Phi) is 3.26. The maximum Gasteiger partial charge on any atom is 0.161 e. The highest BCUT2D eigenvalue weighted by atomic mass is 16.5. The lowest BCUT2D eigenvalue weighted by molar-refractivity contribution is 0.0220. The Hall–Kier alpha value is -1.26. The number of hydrogen-bond donors (Lipinski definition) is 2. The number of nitrogens with two attached hydrogens (primary N) is 1. The number of ether oxygens (including phenoxy) is 2. The summed E-state index contributed by atoms with van der Waals surface area (Å²) in [6.45, 7) is 0.541. The lowest BCUT2D eigenvalue weighted by atomic mass is 9.63. The number of aliphatic hydroxyl groups excluding tert-OH is 1. The summed E-state index contributed by atoms with van der Waals surface area (Å²) < 4.78 is 10.5.